The van der Waals surface area contributed by atoms with E-state index in [1.54, 1.807) is 0 Å². The minimum atomic E-state index is 0.0217. The molecule has 0 fully saturated rings. The normalized spacial score (nSPS) is 24.6. The van der Waals surface area contributed by atoms with E-state index in [4.69, 9.17) is 5.73 Å². The van der Waals surface area contributed by atoms with Gasteiger partial charge in [-0.05, 0) is 41.5 Å². The van der Waals surface area contributed by atoms with Crippen molar-refractivity contribution in [1.82, 2.24) is 4.90 Å². The van der Waals surface area contributed by atoms with Crippen molar-refractivity contribution in [2.75, 3.05) is 6.54 Å². The van der Waals surface area contributed by atoms with Crippen molar-refractivity contribution in [2.24, 2.45) is 5.73 Å². The van der Waals surface area contributed by atoms with Crippen LogP contribution in [-0.4, -0.2) is 11.4 Å². The molecule has 2 aliphatic rings. The molecule has 1 heterocycles. The Morgan fingerprint density at radius 1 is 0.905 bits per heavy atom. The molecule has 0 saturated heterocycles. The summed E-state index contributed by atoms with van der Waals surface area (Å²) in [7, 11) is 0. The molecule has 2 heteroatoms. The molecule has 0 amide bonds. The molecule has 108 valence electrons. The predicted octanol–water partition coefficient (Wildman–Crippen LogP) is 3.19. The van der Waals surface area contributed by atoms with E-state index in [2.05, 4.69) is 53.4 Å². The van der Waals surface area contributed by atoms with Crippen LogP contribution in [0, 0.1) is 0 Å². The highest BCUT2D eigenvalue weighted by Crippen LogP contribution is 2.43. The third-order valence-electron chi connectivity index (χ3n) is 5.34. The molecule has 1 aliphatic carbocycles. The van der Waals surface area contributed by atoms with Crippen LogP contribution in [0.4, 0.5) is 0 Å². The van der Waals surface area contributed by atoms with Crippen LogP contribution in [-0.2, 0) is 25.0 Å². The van der Waals surface area contributed by atoms with E-state index in [0.717, 1.165) is 13.1 Å². The van der Waals surface area contributed by atoms with Gasteiger partial charge in [-0.1, -0.05) is 48.5 Å². The van der Waals surface area contributed by atoms with Crippen LogP contribution in [0.1, 0.15) is 35.1 Å². The second kappa shape index (κ2) is 4.97. The molecule has 0 radical (unpaired) electrons. The van der Waals surface area contributed by atoms with Crippen molar-refractivity contribution in [2.45, 2.75) is 37.9 Å². The molecule has 21 heavy (non-hydrogen) atoms. The van der Waals surface area contributed by atoms with Gasteiger partial charge < -0.3 is 5.73 Å². The average molecular weight is 278 g/mol. The molecule has 0 aromatic heterocycles. The zero-order valence-corrected chi connectivity index (χ0v) is 12.4. The predicted molar refractivity (Wildman–Crippen MR) is 85.8 cm³/mol. The number of rotatable bonds is 2. The Morgan fingerprint density at radius 2 is 1.52 bits per heavy atom. The molecular weight excluding hydrogens is 256 g/mol. The van der Waals surface area contributed by atoms with Gasteiger partial charge in [-0.3, -0.25) is 4.90 Å². The van der Waals surface area contributed by atoms with Crippen molar-refractivity contribution in [1.29, 1.82) is 0 Å². The Hall–Kier alpha value is -1.64. The molecule has 1 unspecified atom stereocenters. The van der Waals surface area contributed by atoms with Gasteiger partial charge in [-0.25, -0.2) is 0 Å². The summed E-state index contributed by atoms with van der Waals surface area (Å²) < 4.78 is 0. The Kier molecular flexibility index (Phi) is 3.09. The monoisotopic (exact) mass is 278 g/mol. The van der Waals surface area contributed by atoms with Gasteiger partial charge in [0.05, 0.1) is 5.54 Å². The van der Waals surface area contributed by atoms with E-state index in [1.807, 2.05) is 0 Å². The number of hydrogen-bond acceptors (Lipinski definition) is 2. The average Bonchev–Trinajstić information content (AvgIpc) is 2.98. The van der Waals surface area contributed by atoms with Crippen LogP contribution >= 0.6 is 0 Å². The van der Waals surface area contributed by atoms with Crippen molar-refractivity contribution in [3.05, 3.63) is 70.8 Å². The maximum absolute atomic E-state index is 6.33. The summed E-state index contributed by atoms with van der Waals surface area (Å²) >= 11 is 0. The topological polar surface area (TPSA) is 29.3 Å². The Labute approximate surface area is 126 Å². The Bertz CT molecular complexity index is 639. The fourth-order valence-corrected chi connectivity index (χ4v) is 4.20. The Morgan fingerprint density at radius 3 is 2.19 bits per heavy atom. The SMILES string of the molecule is NCC1(N2Cc3ccccc3C2)CCCc2ccccc21. The maximum atomic E-state index is 6.33. The van der Waals surface area contributed by atoms with Crippen LogP contribution in [0.3, 0.4) is 0 Å². The summed E-state index contributed by atoms with van der Waals surface area (Å²) in [6.07, 6.45) is 3.61. The minimum Gasteiger partial charge on any atom is -0.328 e. The highest BCUT2D eigenvalue weighted by Gasteiger charge is 2.42. The molecule has 2 aromatic carbocycles. The zero-order chi connectivity index (χ0) is 14.3. The largest absolute Gasteiger partial charge is 0.328 e. The lowest BCUT2D eigenvalue weighted by atomic mass is 9.75. The van der Waals surface area contributed by atoms with Gasteiger partial charge in [-0.2, -0.15) is 0 Å². The summed E-state index contributed by atoms with van der Waals surface area (Å²) in [6.45, 7) is 2.77. The van der Waals surface area contributed by atoms with E-state index >= 15 is 0 Å². The van der Waals surface area contributed by atoms with E-state index in [9.17, 15) is 0 Å². The van der Waals surface area contributed by atoms with Gasteiger partial charge in [0, 0.05) is 19.6 Å². The van der Waals surface area contributed by atoms with Gasteiger partial charge in [0.1, 0.15) is 0 Å². The van der Waals surface area contributed by atoms with Gasteiger partial charge in [0.2, 0.25) is 0 Å². The second-order valence-electron chi connectivity index (χ2n) is 6.37. The molecule has 0 saturated carbocycles. The summed E-state index contributed by atoms with van der Waals surface area (Å²) in [4.78, 5) is 2.61. The zero-order valence-electron chi connectivity index (χ0n) is 12.4. The molecule has 0 spiro atoms. The molecule has 2 N–H and O–H groups in total. The molecule has 2 nitrogen and oxygen atoms in total. The van der Waals surface area contributed by atoms with Crippen molar-refractivity contribution < 1.29 is 0 Å². The lowest BCUT2D eigenvalue weighted by Gasteiger charge is -2.45. The standard InChI is InChI=1S/C19H22N2/c20-14-19(11-5-9-15-6-3-4-10-18(15)19)21-12-16-7-1-2-8-17(16)13-21/h1-4,6-8,10H,5,9,11-14,20H2. The molecule has 2 aromatic rings. The molecule has 1 atom stereocenters. The first-order chi connectivity index (χ1) is 10.3. The van der Waals surface area contributed by atoms with Gasteiger partial charge in [0.15, 0.2) is 0 Å². The van der Waals surface area contributed by atoms with E-state index in [1.165, 1.54) is 41.5 Å². The number of fused-ring (bicyclic) bond motifs is 2. The number of aryl methyl sites for hydroxylation is 1. The van der Waals surface area contributed by atoms with Crippen LogP contribution in [0.25, 0.3) is 0 Å². The summed E-state index contributed by atoms with van der Waals surface area (Å²) in [6, 6.07) is 17.7. The summed E-state index contributed by atoms with van der Waals surface area (Å²) in [5.41, 5.74) is 12.2. The third-order valence-corrected chi connectivity index (χ3v) is 5.34. The summed E-state index contributed by atoms with van der Waals surface area (Å²) in [5, 5.41) is 0. The number of nitrogens with zero attached hydrogens (tertiary/aromatic N) is 1. The maximum Gasteiger partial charge on any atom is 0.0592 e. The van der Waals surface area contributed by atoms with E-state index in [0.29, 0.717) is 6.54 Å². The fraction of sp³-hybridized carbons (Fsp3) is 0.368. The lowest BCUT2D eigenvalue weighted by molar-refractivity contribution is 0.0709. The minimum absolute atomic E-state index is 0.0217. The summed E-state index contributed by atoms with van der Waals surface area (Å²) in [5.74, 6) is 0. The van der Waals surface area contributed by atoms with Gasteiger partial charge in [0.25, 0.3) is 0 Å². The van der Waals surface area contributed by atoms with Crippen LogP contribution in [0.15, 0.2) is 48.5 Å². The van der Waals surface area contributed by atoms with Crippen LogP contribution in [0.2, 0.25) is 0 Å². The highest BCUT2D eigenvalue weighted by molar-refractivity contribution is 5.39. The van der Waals surface area contributed by atoms with Crippen LogP contribution in [0.5, 0.6) is 0 Å². The Balaban J connectivity index is 1.77. The van der Waals surface area contributed by atoms with Gasteiger partial charge in [-0.15, -0.1) is 0 Å². The van der Waals surface area contributed by atoms with Gasteiger partial charge >= 0.3 is 0 Å². The first-order valence-corrected chi connectivity index (χ1v) is 7.94. The van der Waals surface area contributed by atoms with Crippen molar-refractivity contribution in [3.63, 3.8) is 0 Å². The first-order valence-electron chi connectivity index (χ1n) is 7.94. The number of benzene rings is 2. The van der Waals surface area contributed by atoms with Crippen molar-refractivity contribution >= 4 is 0 Å². The number of hydrogen-bond donors (Lipinski definition) is 1. The smallest absolute Gasteiger partial charge is 0.0592 e. The number of nitrogens with two attached hydrogens (primary N) is 1. The lowest BCUT2D eigenvalue weighted by Crippen LogP contribution is -2.50. The molecule has 4 rings (SSSR count). The molecular formula is C19H22N2. The molecule has 1 aliphatic heterocycles. The second-order valence-corrected chi connectivity index (χ2v) is 6.37. The van der Waals surface area contributed by atoms with Crippen LogP contribution < -0.4 is 5.73 Å². The highest BCUT2D eigenvalue weighted by atomic mass is 15.2. The quantitative estimate of drug-likeness (QED) is 0.914. The fourth-order valence-electron chi connectivity index (χ4n) is 4.20. The van der Waals surface area contributed by atoms with E-state index < -0.39 is 0 Å². The first kappa shape index (κ1) is 13.1. The third kappa shape index (κ3) is 1.94. The van der Waals surface area contributed by atoms with Crippen molar-refractivity contribution in [3.8, 4) is 0 Å². The van der Waals surface area contributed by atoms with E-state index in [-0.39, 0.29) is 5.54 Å². The molecule has 0 bridgehead atoms.